The Morgan fingerprint density at radius 2 is 1.97 bits per heavy atom. The lowest BCUT2D eigenvalue weighted by Gasteiger charge is -2.24. The molecule has 12 heteroatoms. The van der Waals surface area contributed by atoms with Crippen LogP contribution in [0.3, 0.4) is 0 Å². The molecule has 0 radical (unpaired) electrons. The number of rotatable bonds is 9. The minimum atomic E-state index is -1.60. The number of hydrogen-bond acceptors (Lipinski definition) is 7. The van der Waals surface area contributed by atoms with Crippen LogP contribution in [-0.4, -0.2) is 49.9 Å². The summed E-state index contributed by atoms with van der Waals surface area (Å²) in [6, 6.07) is 11.2. The Balaban J connectivity index is 1.45. The number of nitrogens with one attached hydrogen (secondary N) is 2. The number of hydrogen-bond donors (Lipinski definition) is 4. The number of aromatic amines is 1. The number of carbonyl (C=O) groups excluding carboxylic acids is 3. The van der Waals surface area contributed by atoms with E-state index in [-0.39, 0.29) is 22.7 Å². The van der Waals surface area contributed by atoms with E-state index in [9.17, 15) is 24.3 Å². The molecule has 0 aliphatic heterocycles. The number of H-pyrrole nitrogens is 1. The van der Waals surface area contributed by atoms with Crippen LogP contribution in [0.1, 0.15) is 42.4 Å². The number of aliphatic carboxylic acids is 1. The molecule has 0 aliphatic rings. The molecular formula is C24H20ClN5O5S. The highest BCUT2D eigenvalue weighted by Crippen LogP contribution is 2.22. The van der Waals surface area contributed by atoms with Gasteiger partial charge in [0.05, 0.1) is 27.2 Å². The summed E-state index contributed by atoms with van der Waals surface area (Å²) in [5.41, 5.74) is 1.80. The van der Waals surface area contributed by atoms with E-state index in [0.717, 1.165) is 27.8 Å². The number of carbonyl (C=O) groups is 4. The monoisotopic (exact) mass is 525 g/mol. The molecule has 1 atom stereocenters. The number of halogens is 1. The van der Waals surface area contributed by atoms with Gasteiger partial charge in [-0.25, -0.2) is 10.6 Å². The number of thiophene rings is 1. The lowest BCUT2D eigenvalue weighted by Crippen LogP contribution is -2.50. The van der Waals surface area contributed by atoms with Gasteiger partial charge in [0.25, 0.3) is 11.8 Å². The molecule has 2 amide bonds. The number of carboxylic acid groups (broad SMARTS) is 1. The number of fused-ring (bicyclic) bond motifs is 1. The van der Waals surface area contributed by atoms with Gasteiger partial charge in [0, 0.05) is 23.9 Å². The van der Waals surface area contributed by atoms with E-state index in [0.29, 0.717) is 9.89 Å². The van der Waals surface area contributed by atoms with Crippen molar-refractivity contribution in [2.24, 2.45) is 5.84 Å². The Morgan fingerprint density at radius 1 is 1.17 bits per heavy atom. The highest BCUT2D eigenvalue weighted by molar-refractivity contribution is 7.12. The lowest BCUT2D eigenvalue weighted by atomic mass is 10.1. The van der Waals surface area contributed by atoms with E-state index < -0.39 is 36.0 Å². The zero-order chi connectivity index (χ0) is 25.8. The van der Waals surface area contributed by atoms with Gasteiger partial charge in [-0.15, -0.1) is 11.3 Å². The van der Waals surface area contributed by atoms with Crippen LogP contribution in [0.5, 0.6) is 0 Å². The van der Waals surface area contributed by atoms with Crippen LogP contribution in [0.15, 0.2) is 60.1 Å². The fourth-order valence-corrected chi connectivity index (χ4v) is 4.53. The molecule has 2 aromatic carbocycles. The molecule has 0 spiro atoms. The number of nitrogens with zero attached hydrogens (tertiary/aromatic N) is 2. The SMILES string of the molecule is NN(C(=O)c1ccc(C(=O)NCc2cccc3[nH]ncc23)cc1Cl)[C@@H](CC(=O)c1cccs1)C(=O)O. The average Bonchev–Trinajstić information content (AvgIpc) is 3.57. The van der Waals surface area contributed by atoms with Crippen LogP contribution in [0.25, 0.3) is 10.9 Å². The quantitative estimate of drug-likeness (QED) is 0.113. The number of amides is 2. The molecule has 36 heavy (non-hydrogen) atoms. The zero-order valence-corrected chi connectivity index (χ0v) is 20.2. The van der Waals surface area contributed by atoms with Gasteiger partial charge in [-0.3, -0.25) is 24.5 Å². The Hall–Kier alpha value is -4.06. The summed E-state index contributed by atoms with van der Waals surface area (Å²) in [6.45, 7) is 0.239. The van der Waals surface area contributed by atoms with Gasteiger partial charge in [0.2, 0.25) is 0 Å². The molecule has 4 rings (SSSR count). The molecule has 5 N–H and O–H groups in total. The van der Waals surface area contributed by atoms with Gasteiger partial charge in [-0.1, -0.05) is 29.8 Å². The second kappa shape index (κ2) is 10.7. The predicted octanol–water partition coefficient (Wildman–Crippen LogP) is 3.25. The van der Waals surface area contributed by atoms with E-state index in [1.165, 1.54) is 18.2 Å². The van der Waals surface area contributed by atoms with Crippen LogP contribution < -0.4 is 11.2 Å². The summed E-state index contributed by atoms with van der Waals surface area (Å²) in [6.07, 6.45) is 1.17. The number of ketones is 1. The standard InChI is InChI=1S/C24H20ClN5O5S/c25-17-9-13(22(32)27-11-14-3-1-4-18-16(14)12-28-29-18)6-7-15(17)23(33)30(26)19(24(34)35)10-20(31)21-5-2-8-36-21/h1-9,12,19H,10-11,26H2,(H,27,32)(H,28,29)(H,34,35)/t19-/m0/s1. The first kappa shape index (κ1) is 25.0. The van der Waals surface area contributed by atoms with Crippen molar-refractivity contribution in [3.63, 3.8) is 0 Å². The van der Waals surface area contributed by atoms with E-state index in [1.807, 2.05) is 18.2 Å². The lowest BCUT2D eigenvalue weighted by molar-refractivity contribution is -0.142. The van der Waals surface area contributed by atoms with Gasteiger partial charge in [-0.05, 0) is 41.3 Å². The third-order valence-electron chi connectivity index (χ3n) is 5.51. The largest absolute Gasteiger partial charge is 0.480 e. The predicted molar refractivity (Wildman–Crippen MR) is 134 cm³/mol. The fourth-order valence-electron chi connectivity index (χ4n) is 3.59. The summed E-state index contributed by atoms with van der Waals surface area (Å²) < 4.78 is 0. The van der Waals surface area contributed by atoms with E-state index in [4.69, 9.17) is 17.4 Å². The smallest absolute Gasteiger partial charge is 0.328 e. The molecule has 0 unspecified atom stereocenters. The molecule has 0 bridgehead atoms. The van der Waals surface area contributed by atoms with Crippen LogP contribution in [-0.2, 0) is 11.3 Å². The van der Waals surface area contributed by atoms with E-state index >= 15 is 0 Å². The third kappa shape index (κ3) is 5.28. The molecule has 2 heterocycles. The Kier molecular flexibility index (Phi) is 7.44. The van der Waals surface area contributed by atoms with Gasteiger partial charge < -0.3 is 10.4 Å². The number of Topliss-reactive ketones (excluding diaryl/α,β-unsaturated/α-hetero) is 1. The van der Waals surface area contributed by atoms with Crippen LogP contribution in [0, 0.1) is 0 Å². The first-order valence-electron chi connectivity index (χ1n) is 10.6. The normalized spacial score (nSPS) is 11.7. The third-order valence-corrected chi connectivity index (χ3v) is 6.73. The molecule has 10 nitrogen and oxygen atoms in total. The van der Waals surface area contributed by atoms with Crippen molar-refractivity contribution in [2.75, 3.05) is 0 Å². The minimum Gasteiger partial charge on any atom is -0.480 e. The van der Waals surface area contributed by atoms with Crippen molar-refractivity contribution in [3.05, 3.63) is 86.7 Å². The molecule has 0 saturated heterocycles. The molecular weight excluding hydrogens is 506 g/mol. The molecule has 184 valence electrons. The first-order chi connectivity index (χ1) is 17.3. The van der Waals surface area contributed by atoms with Crippen molar-refractivity contribution in [1.82, 2.24) is 20.5 Å². The minimum absolute atomic E-state index is 0.0891. The highest BCUT2D eigenvalue weighted by atomic mass is 35.5. The Labute approximate surface area is 213 Å². The topological polar surface area (TPSA) is 158 Å². The van der Waals surface area contributed by atoms with Crippen LogP contribution >= 0.6 is 22.9 Å². The molecule has 0 saturated carbocycles. The molecule has 0 fully saturated rings. The summed E-state index contributed by atoms with van der Waals surface area (Å²) in [5.74, 6) is 2.61. The summed E-state index contributed by atoms with van der Waals surface area (Å²) in [7, 11) is 0. The number of nitrogens with two attached hydrogens (primary N) is 1. The number of aromatic nitrogens is 2. The average molecular weight is 526 g/mol. The highest BCUT2D eigenvalue weighted by Gasteiger charge is 2.32. The number of hydrazine groups is 1. The first-order valence-corrected chi connectivity index (χ1v) is 11.9. The van der Waals surface area contributed by atoms with Gasteiger partial charge in [0.15, 0.2) is 11.8 Å². The maximum Gasteiger partial charge on any atom is 0.328 e. The van der Waals surface area contributed by atoms with Gasteiger partial charge >= 0.3 is 5.97 Å². The number of benzene rings is 2. The Morgan fingerprint density at radius 3 is 2.67 bits per heavy atom. The van der Waals surface area contributed by atoms with Crippen LogP contribution in [0.2, 0.25) is 5.02 Å². The van der Waals surface area contributed by atoms with E-state index in [1.54, 1.807) is 23.7 Å². The second-order valence-corrected chi connectivity index (χ2v) is 9.15. The Bertz CT molecular complexity index is 1450. The zero-order valence-electron chi connectivity index (χ0n) is 18.6. The van der Waals surface area contributed by atoms with E-state index in [2.05, 4.69) is 15.5 Å². The molecule has 4 aromatic rings. The number of carboxylic acids is 1. The van der Waals surface area contributed by atoms with Crippen molar-refractivity contribution in [3.8, 4) is 0 Å². The second-order valence-electron chi connectivity index (χ2n) is 7.80. The van der Waals surface area contributed by atoms with Crippen molar-refractivity contribution < 1.29 is 24.3 Å². The molecule has 2 aromatic heterocycles. The van der Waals surface area contributed by atoms with Crippen molar-refractivity contribution in [2.45, 2.75) is 19.0 Å². The van der Waals surface area contributed by atoms with Crippen molar-refractivity contribution in [1.29, 1.82) is 0 Å². The summed E-state index contributed by atoms with van der Waals surface area (Å²) in [4.78, 5) is 50.0. The van der Waals surface area contributed by atoms with Gasteiger partial charge in [0.1, 0.15) is 0 Å². The maximum atomic E-state index is 12.9. The summed E-state index contributed by atoms with van der Waals surface area (Å²) >= 11 is 7.42. The maximum absolute atomic E-state index is 12.9. The summed E-state index contributed by atoms with van der Waals surface area (Å²) in [5, 5.41) is 22.2. The van der Waals surface area contributed by atoms with Crippen molar-refractivity contribution >= 4 is 57.4 Å². The fraction of sp³-hybridized carbons (Fsp3) is 0.125. The molecule has 0 aliphatic carbocycles. The van der Waals surface area contributed by atoms with Crippen LogP contribution in [0.4, 0.5) is 0 Å². The van der Waals surface area contributed by atoms with Gasteiger partial charge in [-0.2, -0.15) is 5.10 Å².